The van der Waals surface area contributed by atoms with Gasteiger partial charge in [0, 0.05) is 0 Å². The zero-order valence-electron chi connectivity index (χ0n) is 5.59. The van der Waals surface area contributed by atoms with Gasteiger partial charge in [-0.05, 0) is 25.2 Å². The third-order valence-electron chi connectivity index (χ3n) is 2.07. The molecular formula is C7H11O2. The maximum absolute atomic E-state index is 9.72. The zero-order chi connectivity index (χ0) is 6.69. The number of hydrogen-bond acceptors (Lipinski definition) is 2. The van der Waals surface area contributed by atoms with Crippen LogP contribution in [0.5, 0.6) is 0 Å². The number of hydrogen-bond donors (Lipinski definition) is 0. The van der Waals surface area contributed by atoms with Crippen molar-refractivity contribution in [3.05, 3.63) is 0 Å². The summed E-state index contributed by atoms with van der Waals surface area (Å²) in [5.74, 6) is 0.617. The summed E-state index contributed by atoms with van der Waals surface area (Å²) in [7, 11) is 0. The van der Waals surface area contributed by atoms with Crippen LogP contribution in [0, 0.1) is 5.92 Å². The van der Waals surface area contributed by atoms with Crippen molar-refractivity contribution in [2.24, 2.45) is 5.92 Å². The van der Waals surface area contributed by atoms with Crippen LogP contribution in [0.2, 0.25) is 0 Å². The predicted octanol–water partition coefficient (Wildman–Crippen LogP) is 1.26. The van der Waals surface area contributed by atoms with E-state index in [9.17, 15) is 4.79 Å². The Morgan fingerprint density at radius 3 is 2.78 bits per heavy atom. The lowest BCUT2D eigenvalue weighted by Crippen LogP contribution is -2.33. The van der Waals surface area contributed by atoms with Crippen LogP contribution < -0.4 is 0 Å². The van der Waals surface area contributed by atoms with Crippen LogP contribution in [0.15, 0.2) is 0 Å². The van der Waals surface area contributed by atoms with Gasteiger partial charge >= 0.3 is 6.47 Å². The molecule has 2 heteroatoms. The van der Waals surface area contributed by atoms with Crippen molar-refractivity contribution in [2.75, 3.05) is 0 Å². The fourth-order valence-electron chi connectivity index (χ4n) is 1.22. The summed E-state index contributed by atoms with van der Waals surface area (Å²) in [6.45, 7) is 3.60. The minimum absolute atomic E-state index is 0.187. The molecule has 1 saturated carbocycles. The summed E-state index contributed by atoms with van der Waals surface area (Å²) >= 11 is 0. The molecule has 0 aromatic rings. The summed E-state index contributed by atoms with van der Waals surface area (Å²) < 4.78 is 4.68. The van der Waals surface area contributed by atoms with E-state index in [1.165, 1.54) is 12.9 Å². The molecule has 9 heavy (non-hydrogen) atoms. The third-order valence-corrected chi connectivity index (χ3v) is 2.07. The van der Waals surface area contributed by atoms with E-state index in [4.69, 9.17) is 0 Å². The van der Waals surface area contributed by atoms with Crippen LogP contribution in [0.4, 0.5) is 0 Å². The van der Waals surface area contributed by atoms with Crippen molar-refractivity contribution in [1.29, 1.82) is 0 Å². The van der Waals surface area contributed by atoms with E-state index in [2.05, 4.69) is 11.7 Å². The molecule has 1 fully saturated rings. The monoisotopic (exact) mass is 127 g/mol. The third kappa shape index (κ3) is 1.23. The van der Waals surface area contributed by atoms with E-state index < -0.39 is 0 Å². The van der Waals surface area contributed by atoms with Gasteiger partial charge in [-0.25, -0.2) is 4.79 Å². The van der Waals surface area contributed by atoms with Gasteiger partial charge in [0.1, 0.15) is 6.10 Å². The Morgan fingerprint density at radius 2 is 2.44 bits per heavy atom. The molecule has 2 atom stereocenters. The first kappa shape index (κ1) is 6.59. The van der Waals surface area contributed by atoms with Crippen molar-refractivity contribution in [3.63, 3.8) is 0 Å². The van der Waals surface area contributed by atoms with Crippen LogP contribution in [0.25, 0.3) is 0 Å². The highest BCUT2D eigenvalue weighted by atomic mass is 16.5. The highest BCUT2D eigenvalue weighted by Crippen LogP contribution is 2.31. The van der Waals surface area contributed by atoms with E-state index in [1.54, 1.807) is 0 Å². The minimum atomic E-state index is 0.187. The number of carbonyl (C=O) groups excluding carboxylic acids is 1. The van der Waals surface area contributed by atoms with Gasteiger partial charge in [0.2, 0.25) is 0 Å². The molecule has 2 nitrogen and oxygen atoms in total. The Kier molecular flexibility index (Phi) is 2.09. The normalized spacial score (nSPS) is 33.0. The Morgan fingerprint density at radius 1 is 1.67 bits per heavy atom. The molecule has 0 bridgehead atoms. The van der Waals surface area contributed by atoms with Gasteiger partial charge in [0.15, 0.2) is 0 Å². The van der Waals surface area contributed by atoms with Gasteiger partial charge in [0.25, 0.3) is 0 Å². The highest BCUT2D eigenvalue weighted by Gasteiger charge is 2.30. The summed E-state index contributed by atoms with van der Waals surface area (Å²) in [6, 6.07) is 0. The number of rotatable bonds is 3. The smallest absolute Gasteiger partial charge is 0.417 e. The van der Waals surface area contributed by atoms with Crippen molar-refractivity contribution in [2.45, 2.75) is 32.3 Å². The van der Waals surface area contributed by atoms with Gasteiger partial charge in [-0.15, -0.1) is 0 Å². The first-order valence-corrected chi connectivity index (χ1v) is 3.41. The Labute approximate surface area is 55.2 Å². The second kappa shape index (κ2) is 2.85. The van der Waals surface area contributed by atoms with E-state index in [0.29, 0.717) is 5.92 Å². The maximum Gasteiger partial charge on any atom is 0.417 e. The first-order valence-electron chi connectivity index (χ1n) is 3.41. The molecular weight excluding hydrogens is 116 g/mol. The van der Waals surface area contributed by atoms with Crippen molar-refractivity contribution >= 4 is 6.47 Å². The van der Waals surface area contributed by atoms with E-state index >= 15 is 0 Å². The Bertz CT molecular complexity index is 99.1. The molecule has 1 radical (unpaired) electrons. The summed E-state index contributed by atoms with van der Waals surface area (Å²) in [4.78, 5) is 9.72. The molecule has 1 rings (SSSR count). The van der Waals surface area contributed by atoms with Crippen LogP contribution in [-0.2, 0) is 9.53 Å². The second-order valence-corrected chi connectivity index (χ2v) is 2.49. The summed E-state index contributed by atoms with van der Waals surface area (Å²) in [5.41, 5.74) is 0. The lowest BCUT2D eigenvalue weighted by molar-refractivity contribution is 0.0311. The Hall–Kier alpha value is -0.530. The fourth-order valence-corrected chi connectivity index (χ4v) is 1.22. The van der Waals surface area contributed by atoms with Crippen LogP contribution in [0.3, 0.4) is 0 Å². The van der Waals surface area contributed by atoms with Crippen molar-refractivity contribution < 1.29 is 9.53 Å². The minimum Gasteiger partial charge on any atom is -0.454 e. The number of ether oxygens (including phenoxy) is 1. The topological polar surface area (TPSA) is 26.3 Å². The van der Waals surface area contributed by atoms with Crippen LogP contribution in [0.1, 0.15) is 26.2 Å². The second-order valence-electron chi connectivity index (χ2n) is 2.49. The molecule has 0 N–H and O–H groups in total. The van der Waals surface area contributed by atoms with Gasteiger partial charge in [-0.3, -0.25) is 0 Å². The SMILES string of the molecule is CCC1CCC1O[C]=O. The molecule has 0 spiro atoms. The molecule has 0 aromatic heterocycles. The lowest BCUT2D eigenvalue weighted by Gasteiger charge is -2.33. The fraction of sp³-hybridized carbons (Fsp3) is 0.857. The molecule has 0 aromatic carbocycles. The molecule has 51 valence electrons. The van der Waals surface area contributed by atoms with E-state index in [-0.39, 0.29) is 6.10 Å². The van der Waals surface area contributed by atoms with Gasteiger partial charge < -0.3 is 4.74 Å². The van der Waals surface area contributed by atoms with Gasteiger partial charge in [-0.1, -0.05) is 6.92 Å². The molecule has 0 heterocycles. The molecule has 0 amide bonds. The van der Waals surface area contributed by atoms with E-state index in [0.717, 1.165) is 12.8 Å². The van der Waals surface area contributed by atoms with Crippen molar-refractivity contribution in [3.8, 4) is 0 Å². The molecule has 0 saturated heterocycles. The standard InChI is InChI=1S/C7H11O2/c1-2-6-3-4-7(6)9-5-8/h6-7H,2-4H2,1H3. The molecule has 2 unspecified atom stereocenters. The summed E-state index contributed by atoms with van der Waals surface area (Å²) in [6.07, 6.45) is 3.55. The largest absolute Gasteiger partial charge is 0.454 e. The quantitative estimate of drug-likeness (QED) is 0.570. The highest BCUT2D eigenvalue weighted by molar-refractivity contribution is 5.39. The Balaban J connectivity index is 2.18. The molecule has 1 aliphatic rings. The van der Waals surface area contributed by atoms with Crippen LogP contribution in [-0.4, -0.2) is 12.6 Å². The molecule has 0 aliphatic heterocycles. The average Bonchev–Trinajstić information content (AvgIpc) is 1.82. The average molecular weight is 127 g/mol. The van der Waals surface area contributed by atoms with Crippen LogP contribution >= 0.6 is 0 Å². The first-order chi connectivity index (χ1) is 4.38. The molecule has 1 aliphatic carbocycles. The summed E-state index contributed by atoms with van der Waals surface area (Å²) in [5, 5.41) is 0. The van der Waals surface area contributed by atoms with Gasteiger partial charge in [0.05, 0.1) is 0 Å². The lowest BCUT2D eigenvalue weighted by atomic mass is 9.80. The zero-order valence-corrected chi connectivity index (χ0v) is 5.59. The predicted molar refractivity (Wildman–Crippen MR) is 33.6 cm³/mol. The van der Waals surface area contributed by atoms with E-state index in [1.807, 2.05) is 0 Å². The van der Waals surface area contributed by atoms with Crippen molar-refractivity contribution in [1.82, 2.24) is 0 Å². The van der Waals surface area contributed by atoms with Gasteiger partial charge in [-0.2, -0.15) is 0 Å². The maximum atomic E-state index is 9.72.